The Kier molecular flexibility index (Phi) is 3.17. The van der Waals surface area contributed by atoms with E-state index in [4.69, 9.17) is 16.7 Å². The lowest BCUT2D eigenvalue weighted by atomic mass is 10.1. The number of hydrogen-bond acceptors (Lipinski definition) is 2. The summed E-state index contributed by atoms with van der Waals surface area (Å²) in [6.45, 7) is -0.101. The third-order valence-corrected chi connectivity index (χ3v) is 2.49. The third-order valence-electron chi connectivity index (χ3n) is 2.20. The minimum Gasteiger partial charge on any atom is -0.392 e. The van der Waals surface area contributed by atoms with Crippen molar-refractivity contribution in [1.29, 1.82) is 0 Å². The van der Waals surface area contributed by atoms with Crippen molar-refractivity contribution >= 4 is 11.6 Å². The number of aliphatic hydroxyl groups excluding tert-OH is 1. The molecule has 4 heteroatoms. The van der Waals surface area contributed by atoms with Crippen molar-refractivity contribution in [2.75, 3.05) is 0 Å². The predicted octanol–water partition coefficient (Wildman–Crippen LogP) is 3.03. The van der Waals surface area contributed by atoms with Crippen LogP contribution in [0.25, 0.3) is 11.3 Å². The molecule has 1 N–H and O–H groups in total. The van der Waals surface area contributed by atoms with E-state index in [1.807, 2.05) is 0 Å². The number of nitrogens with zero attached hydrogens (tertiary/aromatic N) is 1. The van der Waals surface area contributed by atoms with Crippen molar-refractivity contribution in [2.45, 2.75) is 6.61 Å². The fourth-order valence-electron chi connectivity index (χ4n) is 1.38. The Balaban J connectivity index is 2.44. The largest absolute Gasteiger partial charge is 0.392 e. The van der Waals surface area contributed by atoms with Crippen LogP contribution in [0.15, 0.2) is 36.5 Å². The number of rotatable bonds is 2. The summed E-state index contributed by atoms with van der Waals surface area (Å²) in [7, 11) is 0. The van der Waals surface area contributed by atoms with Crippen LogP contribution < -0.4 is 0 Å². The normalized spacial score (nSPS) is 10.4. The first-order valence-electron chi connectivity index (χ1n) is 4.72. The van der Waals surface area contributed by atoms with Gasteiger partial charge in [-0.3, -0.25) is 4.98 Å². The molecular formula is C12H9ClFNO. The highest BCUT2D eigenvalue weighted by atomic mass is 35.5. The van der Waals surface area contributed by atoms with Crippen LogP contribution in [0.4, 0.5) is 4.39 Å². The molecule has 0 fully saturated rings. The molecule has 0 atom stereocenters. The Hall–Kier alpha value is -1.45. The Bertz CT molecular complexity index is 499. The van der Waals surface area contributed by atoms with Gasteiger partial charge in [-0.05, 0) is 35.9 Å². The molecule has 2 nitrogen and oxygen atoms in total. The van der Waals surface area contributed by atoms with Gasteiger partial charge in [0.05, 0.1) is 17.3 Å². The molecule has 16 heavy (non-hydrogen) atoms. The lowest BCUT2D eigenvalue weighted by molar-refractivity contribution is 0.281. The molecule has 0 radical (unpaired) electrons. The molecule has 0 saturated carbocycles. The van der Waals surface area contributed by atoms with Gasteiger partial charge in [0.2, 0.25) is 0 Å². The summed E-state index contributed by atoms with van der Waals surface area (Å²) < 4.78 is 12.7. The second-order valence-corrected chi connectivity index (χ2v) is 3.75. The van der Waals surface area contributed by atoms with E-state index >= 15 is 0 Å². The van der Waals surface area contributed by atoms with Crippen LogP contribution in [-0.4, -0.2) is 10.1 Å². The Morgan fingerprint density at radius 2 is 1.94 bits per heavy atom. The van der Waals surface area contributed by atoms with Crippen LogP contribution >= 0.6 is 11.6 Å². The molecule has 82 valence electrons. The van der Waals surface area contributed by atoms with E-state index in [1.165, 1.54) is 12.1 Å². The molecule has 0 aliphatic rings. The topological polar surface area (TPSA) is 33.1 Å². The molecule has 0 aliphatic heterocycles. The quantitative estimate of drug-likeness (QED) is 0.871. The molecule has 1 heterocycles. The van der Waals surface area contributed by atoms with Crippen molar-refractivity contribution in [3.8, 4) is 11.3 Å². The van der Waals surface area contributed by atoms with Gasteiger partial charge in [0.1, 0.15) is 5.82 Å². The zero-order chi connectivity index (χ0) is 11.5. The summed E-state index contributed by atoms with van der Waals surface area (Å²) >= 11 is 6.02. The van der Waals surface area contributed by atoms with Gasteiger partial charge in [0.25, 0.3) is 0 Å². The maximum absolute atomic E-state index is 12.7. The molecule has 1 aromatic heterocycles. The molecule has 1 aromatic carbocycles. The average Bonchev–Trinajstić information content (AvgIpc) is 2.30. The van der Waals surface area contributed by atoms with Crippen LogP contribution in [0.3, 0.4) is 0 Å². The number of aromatic nitrogens is 1. The highest BCUT2D eigenvalue weighted by Crippen LogP contribution is 2.26. The summed E-state index contributed by atoms with van der Waals surface area (Å²) in [4.78, 5) is 4.13. The summed E-state index contributed by atoms with van der Waals surface area (Å²) in [5.74, 6) is -0.299. The number of hydrogen-bond donors (Lipinski definition) is 1. The van der Waals surface area contributed by atoms with Gasteiger partial charge in [-0.2, -0.15) is 0 Å². The zero-order valence-electron chi connectivity index (χ0n) is 8.32. The van der Waals surface area contributed by atoms with Gasteiger partial charge >= 0.3 is 0 Å². The molecular weight excluding hydrogens is 229 g/mol. The van der Waals surface area contributed by atoms with Gasteiger partial charge in [0.15, 0.2) is 0 Å². The third kappa shape index (κ3) is 2.21. The smallest absolute Gasteiger partial charge is 0.123 e. The highest BCUT2D eigenvalue weighted by molar-refractivity contribution is 6.33. The zero-order valence-corrected chi connectivity index (χ0v) is 9.08. The second kappa shape index (κ2) is 4.60. The Morgan fingerprint density at radius 3 is 2.50 bits per heavy atom. The Labute approximate surface area is 97.3 Å². The van der Waals surface area contributed by atoms with Crippen molar-refractivity contribution in [1.82, 2.24) is 4.98 Å². The molecule has 2 rings (SSSR count). The van der Waals surface area contributed by atoms with Crippen LogP contribution in [-0.2, 0) is 6.61 Å². The SMILES string of the molecule is OCc1cnc(-c2ccc(F)cc2)c(Cl)c1. The van der Waals surface area contributed by atoms with Crippen LogP contribution in [0.5, 0.6) is 0 Å². The van der Waals surface area contributed by atoms with Crippen molar-refractivity contribution in [2.24, 2.45) is 0 Å². The van der Waals surface area contributed by atoms with E-state index in [1.54, 1.807) is 24.4 Å². The first-order valence-corrected chi connectivity index (χ1v) is 5.09. The monoisotopic (exact) mass is 237 g/mol. The molecule has 0 bridgehead atoms. The van der Waals surface area contributed by atoms with E-state index in [0.717, 1.165) is 5.56 Å². The van der Waals surface area contributed by atoms with E-state index in [-0.39, 0.29) is 12.4 Å². The maximum atomic E-state index is 12.7. The van der Waals surface area contributed by atoms with Crippen molar-refractivity contribution in [3.05, 3.63) is 52.9 Å². The van der Waals surface area contributed by atoms with Crippen LogP contribution in [0, 0.1) is 5.82 Å². The minimum atomic E-state index is -0.299. The number of halogens is 2. The molecule has 0 spiro atoms. The molecule has 2 aromatic rings. The molecule has 0 saturated heterocycles. The summed E-state index contributed by atoms with van der Waals surface area (Å²) in [5.41, 5.74) is 1.98. The van der Waals surface area contributed by atoms with E-state index in [2.05, 4.69) is 4.98 Å². The van der Waals surface area contributed by atoms with E-state index in [9.17, 15) is 4.39 Å². The van der Waals surface area contributed by atoms with E-state index < -0.39 is 0 Å². The fourth-order valence-corrected chi connectivity index (χ4v) is 1.68. The van der Waals surface area contributed by atoms with Crippen molar-refractivity contribution < 1.29 is 9.50 Å². The fraction of sp³-hybridized carbons (Fsp3) is 0.0833. The predicted molar refractivity (Wildman–Crippen MR) is 60.6 cm³/mol. The number of benzene rings is 1. The molecule has 0 amide bonds. The standard InChI is InChI=1S/C12H9ClFNO/c13-11-5-8(7-16)6-15-12(11)9-1-3-10(14)4-2-9/h1-6,16H,7H2. The van der Waals surface area contributed by atoms with E-state index in [0.29, 0.717) is 16.3 Å². The van der Waals surface area contributed by atoms with Gasteiger partial charge < -0.3 is 5.11 Å². The van der Waals surface area contributed by atoms with Crippen LogP contribution in [0.2, 0.25) is 5.02 Å². The number of pyridine rings is 1. The lowest BCUT2D eigenvalue weighted by Gasteiger charge is -2.04. The van der Waals surface area contributed by atoms with Crippen LogP contribution in [0.1, 0.15) is 5.56 Å². The first kappa shape index (κ1) is 11.0. The lowest BCUT2D eigenvalue weighted by Crippen LogP contribution is -1.90. The summed E-state index contributed by atoms with van der Waals surface area (Å²) in [5, 5.41) is 9.35. The van der Waals surface area contributed by atoms with Gasteiger partial charge in [0, 0.05) is 11.8 Å². The molecule has 0 aliphatic carbocycles. The van der Waals surface area contributed by atoms with Gasteiger partial charge in [-0.1, -0.05) is 11.6 Å². The minimum absolute atomic E-state index is 0.101. The highest BCUT2D eigenvalue weighted by Gasteiger charge is 2.06. The van der Waals surface area contributed by atoms with Gasteiger partial charge in [-0.25, -0.2) is 4.39 Å². The first-order chi connectivity index (χ1) is 7.70. The number of aliphatic hydroxyl groups is 1. The summed E-state index contributed by atoms with van der Waals surface area (Å²) in [6, 6.07) is 7.58. The maximum Gasteiger partial charge on any atom is 0.123 e. The average molecular weight is 238 g/mol. The summed E-state index contributed by atoms with van der Waals surface area (Å²) in [6.07, 6.45) is 1.55. The van der Waals surface area contributed by atoms with Crippen molar-refractivity contribution in [3.63, 3.8) is 0 Å². The Morgan fingerprint density at radius 1 is 1.25 bits per heavy atom. The molecule has 0 unspecified atom stereocenters. The second-order valence-electron chi connectivity index (χ2n) is 3.34. The van der Waals surface area contributed by atoms with Gasteiger partial charge in [-0.15, -0.1) is 0 Å².